The van der Waals surface area contributed by atoms with Crippen LogP contribution in [0, 0.1) is 5.92 Å². The summed E-state index contributed by atoms with van der Waals surface area (Å²) in [5.74, 6) is -0.0602. The van der Waals surface area contributed by atoms with Crippen LogP contribution in [0.15, 0.2) is 24.3 Å². The average Bonchev–Trinajstić information content (AvgIpc) is 2.49. The second kappa shape index (κ2) is 10.5. The molecule has 24 heavy (non-hydrogen) atoms. The van der Waals surface area contributed by atoms with Crippen molar-refractivity contribution in [3.63, 3.8) is 0 Å². The Morgan fingerprint density at radius 3 is 2.29 bits per heavy atom. The van der Waals surface area contributed by atoms with Gasteiger partial charge in [0.05, 0.1) is 0 Å². The molecule has 1 atom stereocenters. The third kappa shape index (κ3) is 9.07. The van der Waals surface area contributed by atoms with Crippen molar-refractivity contribution in [2.45, 2.75) is 71.6 Å². The highest BCUT2D eigenvalue weighted by Crippen LogP contribution is 2.22. The zero-order valence-corrected chi connectivity index (χ0v) is 15.9. The summed E-state index contributed by atoms with van der Waals surface area (Å²) in [6, 6.07) is 9.04. The lowest BCUT2D eigenvalue weighted by atomic mass is 9.86. The van der Waals surface area contributed by atoms with Gasteiger partial charge in [-0.05, 0) is 54.8 Å². The van der Waals surface area contributed by atoms with Gasteiger partial charge in [0.25, 0.3) is 0 Å². The van der Waals surface area contributed by atoms with Gasteiger partial charge >= 0.3 is 5.97 Å². The van der Waals surface area contributed by atoms with Crippen molar-refractivity contribution < 1.29 is 9.90 Å². The summed E-state index contributed by atoms with van der Waals surface area (Å²) in [7, 11) is 0. The van der Waals surface area contributed by atoms with E-state index in [-0.39, 0.29) is 5.41 Å². The van der Waals surface area contributed by atoms with E-state index in [0.717, 1.165) is 45.2 Å². The van der Waals surface area contributed by atoms with Gasteiger partial charge in [-0.15, -0.1) is 0 Å². The Bertz CT molecular complexity index is 474. The van der Waals surface area contributed by atoms with Crippen molar-refractivity contribution in [2.75, 3.05) is 13.1 Å². The summed E-state index contributed by atoms with van der Waals surface area (Å²) in [6.07, 6.45) is 5.48. The second-order valence-electron chi connectivity index (χ2n) is 8.02. The topological polar surface area (TPSA) is 49.3 Å². The molecule has 0 amide bonds. The Morgan fingerprint density at radius 2 is 1.71 bits per heavy atom. The summed E-state index contributed by atoms with van der Waals surface area (Å²) in [5, 5.41) is 12.1. The summed E-state index contributed by atoms with van der Waals surface area (Å²) >= 11 is 0. The molecule has 0 bridgehead atoms. The summed E-state index contributed by atoms with van der Waals surface area (Å²) in [4.78, 5) is 10.4. The van der Waals surface area contributed by atoms with Gasteiger partial charge in [0.1, 0.15) is 0 Å². The molecule has 0 unspecified atom stereocenters. The van der Waals surface area contributed by atoms with Crippen LogP contribution in [0.1, 0.15) is 70.9 Å². The fourth-order valence-electron chi connectivity index (χ4n) is 2.84. The van der Waals surface area contributed by atoms with Gasteiger partial charge in [-0.3, -0.25) is 4.79 Å². The molecule has 0 fully saturated rings. The lowest BCUT2D eigenvalue weighted by Gasteiger charge is -2.19. The highest BCUT2D eigenvalue weighted by molar-refractivity contribution is 5.66. The molecule has 0 aromatic heterocycles. The highest BCUT2D eigenvalue weighted by Gasteiger charge is 2.13. The van der Waals surface area contributed by atoms with E-state index in [1.807, 2.05) is 0 Å². The number of rotatable bonds is 11. The molecule has 0 heterocycles. The number of carboxylic acids is 1. The maximum absolute atomic E-state index is 10.4. The van der Waals surface area contributed by atoms with E-state index in [4.69, 9.17) is 5.11 Å². The molecule has 1 aromatic rings. The predicted octanol–water partition coefficient (Wildman–Crippen LogP) is 4.79. The standard InChI is InChI=1S/C21H35NO2/c1-17(16-22-14-8-6-5-7-9-20(23)24)15-18-10-12-19(13-11-18)21(2,3)4/h10-13,17,22H,5-9,14-16H2,1-4H3,(H,23,24)/t17-/m1/s1. The zero-order chi connectivity index (χ0) is 18.0. The molecule has 0 aliphatic heterocycles. The van der Waals surface area contributed by atoms with E-state index in [9.17, 15) is 4.79 Å². The number of hydrogen-bond donors (Lipinski definition) is 2. The van der Waals surface area contributed by atoms with E-state index in [2.05, 4.69) is 57.3 Å². The number of carbonyl (C=O) groups is 1. The minimum Gasteiger partial charge on any atom is -0.481 e. The first-order valence-corrected chi connectivity index (χ1v) is 9.31. The largest absolute Gasteiger partial charge is 0.481 e. The molecule has 2 N–H and O–H groups in total. The van der Waals surface area contributed by atoms with Gasteiger partial charge in [0.15, 0.2) is 0 Å². The van der Waals surface area contributed by atoms with Gasteiger partial charge in [-0.2, -0.15) is 0 Å². The molecule has 0 aliphatic carbocycles. The Morgan fingerprint density at radius 1 is 1.08 bits per heavy atom. The predicted molar refractivity (Wildman–Crippen MR) is 102 cm³/mol. The van der Waals surface area contributed by atoms with Gasteiger partial charge < -0.3 is 10.4 Å². The van der Waals surface area contributed by atoms with Crippen molar-refractivity contribution in [2.24, 2.45) is 5.92 Å². The molecule has 0 saturated heterocycles. The molecule has 0 aliphatic rings. The van der Waals surface area contributed by atoms with Crippen LogP contribution < -0.4 is 5.32 Å². The van der Waals surface area contributed by atoms with Crippen molar-refractivity contribution in [1.29, 1.82) is 0 Å². The maximum atomic E-state index is 10.4. The Kier molecular flexibility index (Phi) is 9.05. The van der Waals surface area contributed by atoms with Gasteiger partial charge in [-0.25, -0.2) is 0 Å². The number of unbranched alkanes of at least 4 members (excludes halogenated alkanes) is 3. The normalized spacial score (nSPS) is 13.0. The summed E-state index contributed by atoms with van der Waals surface area (Å²) in [5.41, 5.74) is 3.02. The molecule has 3 heteroatoms. The Balaban J connectivity index is 2.13. The minimum absolute atomic E-state index is 0.218. The number of benzene rings is 1. The van der Waals surface area contributed by atoms with Crippen LogP contribution >= 0.6 is 0 Å². The lowest BCUT2D eigenvalue weighted by molar-refractivity contribution is -0.137. The molecule has 136 valence electrons. The number of nitrogens with one attached hydrogen (secondary N) is 1. The molecular weight excluding hydrogens is 298 g/mol. The van der Waals surface area contributed by atoms with Gasteiger partial charge in [-0.1, -0.05) is 64.8 Å². The Labute approximate surface area is 147 Å². The summed E-state index contributed by atoms with van der Waals surface area (Å²) < 4.78 is 0. The molecular formula is C21H35NO2. The monoisotopic (exact) mass is 333 g/mol. The highest BCUT2D eigenvalue weighted by atomic mass is 16.4. The van der Waals surface area contributed by atoms with Crippen molar-refractivity contribution in [3.05, 3.63) is 35.4 Å². The van der Waals surface area contributed by atoms with Crippen LogP contribution in [0.5, 0.6) is 0 Å². The second-order valence-corrected chi connectivity index (χ2v) is 8.02. The third-order valence-corrected chi connectivity index (χ3v) is 4.39. The van der Waals surface area contributed by atoms with Crippen LogP contribution in [-0.4, -0.2) is 24.2 Å². The fraction of sp³-hybridized carbons (Fsp3) is 0.667. The average molecular weight is 334 g/mol. The van der Waals surface area contributed by atoms with Crippen LogP contribution in [0.2, 0.25) is 0 Å². The maximum Gasteiger partial charge on any atom is 0.303 e. The quantitative estimate of drug-likeness (QED) is 0.573. The van der Waals surface area contributed by atoms with Crippen molar-refractivity contribution in [3.8, 4) is 0 Å². The van der Waals surface area contributed by atoms with Crippen molar-refractivity contribution in [1.82, 2.24) is 5.32 Å². The fourth-order valence-corrected chi connectivity index (χ4v) is 2.84. The smallest absolute Gasteiger partial charge is 0.303 e. The third-order valence-electron chi connectivity index (χ3n) is 4.39. The Hall–Kier alpha value is -1.35. The van der Waals surface area contributed by atoms with E-state index in [0.29, 0.717) is 12.3 Å². The molecule has 0 radical (unpaired) electrons. The molecule has 0 saturated carbocycles. The van der Waals surface area contributed by atoms with Gasteiger partial charge in [0, 0.05) is 6.42 Å². The number of aliphatic carboxylic acids is 1. The molecule has 0 spiro atoms. The van der Waals surface area contributed by atoms with E-state index >= 15 is 0 Å². The van der Waals surface area contributed by atoms with Crippen LogP contribution in [0.4, 0.5) is 0 Å². The SMILES string of the molecule is C[C@@H](CNCCCCCCC(=O)O)Cc1ccc(C(C)(C)C)cc1. The summed E-state index contributed by atoms with van der Waals surface area (Å²) in [6.45, 7) is 11.1. The van der Waals surface area contributed by atoms with Crippen LogP contribution in [0.25, 0.3) is 0 Å². The first kappa shape index (κ1) is 20.7. The molecule has 1 aromatic carbocycles. The van der Waals surface area contributed by atoms with Crippen LogP contribution in [0.3, 0.4) is 0 Å². The van der Waals surface area contributed by atoms with E-state index in [1.54, 1.807) is 0 Å². The van der Waals surface area contributed by atoms with Crippen LogP contribution in [-0.2, 0) is 16.6 Å². The number of hydrogen-bond acceptors (Lipinski definition) is 2. The lowest BCUT2D eigenvalue weighted by Crippen LogP contribution is -2.23. The molecule has 1 rings (SSSR count). The van der Waals surface area contributed by atoms with E-state index in [1.165, 1.54) is 11.1 Å². The molecule has 3 nitrogen and oxygen atoms in total. The minimum atomic E-state index is -0.683. The number of carboxylic acid groups (broad SMARTS) is 1. The zero-order valence-electron chi connectivity index (χ0n) is 15.9. The van der Waals surface area contributed by atoms with Crippen molar-refractivity contribution >= 4 is 5.97 Å². The first-order chi connectivity index (χ1) is 11.3. The first-order valence-electron chi connectivity index (χ1n) is 9.31. The van der Waals surface area contributed by atoms with E-state index < -0.39 is 5.97 Å². The van der Waals surface area contributed by atoms with Gasteiger partial charge in [0.2, 0.25) is 0 Å².